The highest BCUT2D eigenvalue weighted by atomic mass is 35.5. The number of ketones is 1. The van der Waals surface area contributed by atoms with E-state index in [0.29, 0.717) is 17.7 Å². The lowest BCUT2D eigenvalue weighted by Crippen LogP contribution is -2.08. The molecule has 1 saturated carbocycles. The van der Waals surface area contributed by atoms with Crippen LogP contribution >= 0.6 is 11.6 Å². The Morgan fingerprint density at radius 3 is 2.72 bits per heavy atom. The molecule has 0 heterocycles. The molecule has 18 heavy (non-hydrogen) atoms. The van der Waals surface area contributed by atoms with Crippen LogP contribution in [0.1, 0.15) is 29.3 Å². The summed E-state index contributed by atoms with van der Waals surface area (Å²) in [6.07, 6.45) is 0.506. The first-order valence-corrected chi connectivity index (χ1v) is 6.18. The minimum Gasteiger partial charge on any atom is -0.374 e. The molecule has 1 aromatic carbocycles. The van der Waals surface area contributed by atoms with Gasteiger partial charge in [0.05, 0.1) is 0 Å². The maximum absolute atomic E-state index is 11.4. The van der Waals surface area contributed by atoms with Gasteiger partial charge in [-0.1, -0.05) is 24.2 Å². The van der Waals surface area contributed by atoms with Crippen LogP contribution in [0.3, 0.4) is 0 Å². The van der Waals surface area contributed by atoms with Gasteiger partial charge in [0.1, 0.15) is 5.06 Å². The van der Waals surface area contributed by atoms with E-state index in [1.807, 2.05) is 19.1 Å². The maximum Gasteiger partial charge on any atom is 0.160 e. The van der Waals surface area contributed by atoms with Crippen molar-refractivity contribution < 1.29 is 9.90 Å². The summed E-state index contributed by atoms with van der Waals surface area (Å²) in [4.78, 5) is 11.4. The summed E-state index contributed by atoms with van der Waals surface area (Å²) in [7, 11) is 0. The number of benzene rings is 1. The SMILES string of the molecule is C=C(Nc1ccc(C)c(C(C)=O)c1)C1CC1(O)Cl. The van der Waals surface area contributed by atoms with Crippen LogP contribution in [0.4, 0.5) is 5.69 Å². The quantitative estimate of drug-likeness (QED) is 0.650. The molecule has 1 aliphatic rings. The van der Waals surface area contributed by atoms with Crippen LogP contribution in [0, 0.1) is 12.8 Å². The summed E-state index contributed by atoms with van der Waals surface area (Å²) in [5.41, 5.74) is 3.09. The zero-order valence-corrected chi connectivity index (χ0v) is 11.2. The predicted molar refractivity (Wildman–Crippen MR) is 72.9 cm³/mol. The van der Waals surface area contributed by atoms with Crippen LogP contribution in [-0.2, 0) is 0 Å². The fraction of sp³-hybridized carbons (Fsp3) is 0.357. The number of carbonyl (C=O) groups excluding carboxylic acids is 1. The van der Waals surface area contributed by atoms with Gasteiger partial charge in [-0.05, 0) is 31.5 Å². The predicted octanol–water partition coefficient (Wildman–Crippen LogP) is 3.07. The van der Waals surface area contributed by atoms with E-state index in [-0.39, 0.29) is 11.7 Å². The van der Waals surface area contributed by atoms with Crippen molar-refractivity contribution in [3.8, 4) is 0 Å². The monoisotopic (exact) mass is 265 g/mol. The number of aliphatic hydroxyl groups is 1. The topological polar surface area (TPSA) is 49.3 Å². The number of hydrogen-bond donors (Lipinski definition) is 2. The van der Waals surface area contributed by atoms with Gasteiger partial charge in [0.2, 0.25) is 0 Å². The van der Waals surface area contributed by atoms with E-state index in [2.05, 4.69) is 11.9 Å². The smallest absolute Gasteiger partial charge is 0.160 e. The fourth-order valence-corrected chi connectivity index (χ4v) is 2.26. The summed E-state index contributed by atoms with van der Waals surface area (Å²) in [6, 6.07) is 5.55. The molecule has 0 amide bonds. The Labute approximate surface area is 111 Å². The molecule has 1 aliphatic carbocycles. The highest BCUT2D eigenvalue weighted by Gasteiger charge is 2.53. The van der Waals surface area contributed by atoms with Gasteiger partial charge in [-0.15, -0.1) is 0 Å². The number of rotatable bonds is 4. The van der Waals surface area contributed by atoms with E-state index in [4.69, 9.17) is 11.6 Å². The third-order valence-corrected chi connectivity index (χ3v) is 3.62. The second-order valence-electron chi connectivity index (χ2n) is 4.81. The van der Waals surface area contributed by atoms with Crippen LogP contribution in [0.25, 0.3) is 0 Å². The Morgan fingerprint density at radius 1 is 1.61 bits per heavy atom. The third kappa shape index (κ3) is 2.57. The minimum atomic E-state index is -1.15. The summed E-state index contributed by atoms with van der Waals surface area (Å²) in [5, 5.41) is 11.5. The van der Waals surface area contributed by atoms with E-state index < -0.39 is 5.06 Å². The van der Waals surface area contributed by atoms with Crippen molar-refractivity contribution in [3.63, 3.8) is 0 Å². The molecule has 2 unspecified atom stereocenters. The van der Waals surface area contributed by atoms with Crippen molar-refractivity contribution in [1.29, 1.82) is 0 Å². The molecule has 0 aliphatic heterocycles. The van der Waals surface area contributed by atoms with Crippen LogP contribution in [0.15, 0.2) is 30.5 Å². The Balaban J connectivity index is 2.13. The Hall–Kier alpha value is -1.32. The molecule has 2 N–H and O–H groups in total. The van der Waals surface area contributed by atoms with Gasteiger partial charge >= 0.3 is 0 Å². The number of aryl methyl sites for hydroxylation is 1. The molecule has 0 saturated heterocycles. The van der Waals surface area contributed by atoms with Crippen molar-refractivity contribution in [2.24, 2.45) is 5.92 Å². The van der Waals surface area contributed by atoms with Crippen LogP contribution < -0.4 is 5.32 Å². The van der Waals surface area contributed by atoms with E-state index in [1.165, 1.54) is 0 Å². The molecule has 3 nitrogen and oxygen atoms in total. The van der Waals surface area contributed by atoms with E-state index in [1.54, 1.807) is 13.0 Å². The Morgan fingerprint density at radius 2 is 2.22 bits per heavy atom. The number of nitrogens with one attached hydrogen (secondary N) is 1. The lowest BCUT2D eigenvalue weighted by Gasteiger charge is -2.12. The zero-order valence-electron chi connectivity index (χ0n) is 10.5. The molecule has 96 valence electrons. The summed E-state index contributed by atoms with van der Waals surface area (Å²) >= 11 is 5.78. The van der Waals surface area contributed by atoms with Crippen LogP contribution in [0.5, 0.6) is 0 Å². The Kier molecular flexibility index (Phi) is 3.21. The number of Topliss-reactive ketones (excluding diaryl/α,β-unsaturated/α-hetero) is 1. The molecule has 4 heteroatoms. The van der Waals surface area contributed by atoms with Gasteiger partial charge in [-0.2, -0.15) is 0 Å². The van der Waals surface area contributed by atoms with E-state index in [0.717, 1.165) is 11.3 Å². The van der Waals surface area contributed by atoms with Gasteiger partial charge in [-0.25, -0.2) is 0 Å². The largest absolute Gasteiger partial charge is 0.374 e. The first-order chi connectivity index (χ1) is 8.31. The van der Waals surface area contributed by atoms with Gasteiger partial charge in [0.15, 0.2) is 5.78 Å². The van der Waals surface area contributed by atoms with Crippen LogP contribution in [0.2, 0.25) is 0 Å². The second kappa shape index (κ2) is 4.41. The molecule has 2 rings (SSSR count). The number of carbonyl (C=O) groups is 1. The van der Waals surface area contributed by atoms with Crippen molar-refractivity contribution >= 4 is 23.1 Å². The molecule has 2 atom stereocenters. The average molecular weight is 266 g/mol. The van der Waals surface area contributed by atoms with E-state index >= 15 is 0 Å². The molecule has 0 bridgehead atoms. The standard InChI is InChI=1S/C14H16ClNO2/c1-8-4-5-11(6-12(8)10(3)17)16-9(2)13-7-14(13,15)18/h4-6,13,16,18H,2,7H2,1,3H3. The highest BCUT2D eigenvalue weighted by molar-refractivity contribution is 6.25. The van der Waals surface area contributed by atoms with Gasteiger partial charge in [0.25, 0.3) is 0 Å². The molecular formula is C14H16ClNO2. The van der Waals surface area contributed by atoms with Crippen molar-refractivity contribution in [3.05, 3.63) is 41.6 Å². The number of hydrogen-bond acceptors (Lipinski definition) is 3. The van der Waals surface area contributed by atoms with Crippen molar-refractivity contribution in [2.45, 2.75) is 25.3 Å². The highest BCUT2D eigenvalue weighted by Crippen LogP contribution is 2.50. The second-order valence-corrected chi connectivity index (χ2v) is 5.47. The van der Waals surface area contributed by atoms with Gasteiger partial charge in [0, 0.05) is 29.3 Å². The molecule has 0 spiro atoms. The number of halogens is 1. The third-order valence-electron chi connectivity index (χ3n) is 3.21. The first-order valence-electron chi connectivity index (χ1n) is 5.80. The maximum atomic E-state index is 11.4. The van der Waals surface area contributed by atoms with Crippen LogP contribution in [-0.4, -0.2) is 16.0 Å². The number of alkyl halides is 1. The summed E-state index contributed by atoms with van der Waals surface area (Å²) < 4.78 is 0. The zero-order chi connectivity index (χ0) is 13.5. The lowest BCUT2D eigenvalue weighted by molar-refractivity contribution is 0.101. The normalized spacial score (nSPS) is 25.7. The Bertz CT molecular complexity index is 523. The molecular weight excluding hydrogens is 250 g/mol. The molecule has 1 fully saturated rings. The van der Waals surface area contributed by atoms with Gasteiger partial charge < -0.3 is 10.4 Å². The molecule has 0 radical (unpaired) electrons. The summed E-state index contributed by atoms with van der Waals surface area (Å²) in [6.45, 7) is 7.30. The summed E-state index contributed by atoms with van der Waals surface area (Å²) in [5.74, 6) is -0.108. The fourth-order valence-electron chi connectivity index (χ4n) is 1.97. The molecule has 1 aromatic rings. The minimum absolute atomic E-state index is 0.0297. The van der Waals surface area contributed by atoms with Gasteiger partial charge in [-0.3, -0.25) is 4.79 Å². The molecule has 0 aromatic heterocycles. The first kappa shape index (κ1) is 13.1. The lowest BCUT2D eigenvalue weighted by atomic mass is 10.0. The average Bonchev–Trinajstić information content (AvgIpc) is 2.90. The number of anilines is 1. The van der Waals surface area contributed by atoms with Crippen molar-refractivity contribution in [1.82, 2.24) is 0 Å². The van der Waals surface area contributed by atoms with E-state index in [9.17, 15) is 9.90 Å². The van der Waals surface area contributed by atoms with Crippen molar-refractivity contribution in [2.75, 3.05) is 5.32 Å².